The molecule has 3 aromatic rings. The zero-order chi connectivity index (χ0) is 22.1. The molecule has 0 bridgehead atoms. The summed E-state index contributed by atoms with van der Waals surface area (Å²) < 4.78 is 0. The number of allylic oxidation sites excluding steroid dienone is 1. The number of pyridine rings is 1. The number of aromatic nitrogens is 1. The maximum Gasteiger partial charge on any atom is 0.199 e. The number of fused-ring (bicyclic) bond motifs is 2. The lowest BCUT2D eigenvalue weighted by Gasteiger charge is -2.21. The molecule has 1 aromatic heterocycles. The number of halogens is 3. The van der Waals surface area contributed by atoms with Crippen molar-refractivity contribution in [1.82, 2.24) is 9.88 Å². The van der Waals surface area contributed by atoms with Crippen LogP contribution in [0.3, 0.4) is 0 Å². The fourth-order valence-corrected chi connectivity index (χ4v) is 4.59. The highest BCUT2D eigenvalue weighted by Gasteiger charge is 2.24. The molecule has 0 radical (unpaired) electrons. The van der Waals surface area contributed by atoms with Crippen molar-refractivity contribution in [1.29, 1.82) is 0 Å². The molecule has 1 aliphatic carbocycles. The first-order valence-corrected chi connectivity index (χ1v) is 11.2. The van der Waals surface area contributed by atoms with Crippen molar-refractivity contribution in [3.8, 4) is 0 Å². The molecule has 0 unspecified atom stereocenters. The van der Waals surface area contributed by atoms with Gasteiger partial charge in [0.25, 0.3) is 0 Å². The van der Waals surface area contributed by atoms with Crippen LogP contribution in [-0.2, 0) is 0 Å². The fraction of sp³-hybridized carbons (Fsp3) is 0.250. The number of aliphatic imine (C=N–C) groups is 1. The molecule has 0 saturated carbocycles. The van der Waals surface area contributed by atoms with Crippen LogP contribution in [-0.4, -0.2) is 42.8 Å². The smallest absolute Gasteiger partial charge is 0.199 e. The van der Waals surface area contributed by atoms with Gasteiger partial charge in [-0.15, -0.1) is 0 Å². The van der Waals surface area contributed by atoms with Gasteiger partial charge in [-0.05, 0) is 68.5 Å². The third kappa shape index (κ3) is 4.58. The summed E-state index contributed by atoms with van der Waals surface area (Å²) in [5, 5.41) is 2.21. The monoisotopic (exact) mass is 473 g/mol. The summed E-state index contributed by atoms with van der Waals surface area (Å²) in [4.78, 5) is 23.7. The Bertz CT molecular complexity index is 1280. The summed E-state index contributed by atoms with van der Waals surface area (Å²) >= 11 is 18.9. The van der Waals surface area contributed by atoms with Crippen LogP contribution in [0.1, 0.15) is 29.7 Å². The first-order valence-electron chi connectivity index (χ1n) is 10.0. The first kappa shape index (κ1) is 22.1. The summed E-state index contributed by atoms with van der Waals surface area (Å²) in [6.45, 7) is 1.57. The normalized spacial score (nSPS) is 14.9. The van der Waals surface area contributed by atoms with E-state index in [2.05, 4.69) is 9.88 Å². The molecule has 0 amide bonds. The van der Waals surface area contributed by atoms with Gasteiger partial charge < -0.3 is 9.88 Å². The van der Waals surface area contributed by atoms with Crippen LogP contribution < -0.4 is 5.43 Å². The van der Waals surface area contributed by atoms with Gasteiger partial charge in [0.15, 0.2) is 5.43 Å². The van der Waals surface area contributed by atoms with Crippen molar-refractivity contribution in [3.05, 3.63) is 78.5 Å². The van der Waals surface area contributed by atoms with Gasteiger partial charge in [0.05, 0.1) is 27.5 Å². The molecule has 0 atom stereocenters. The fourth-order valence-electron chi connectivity index (χ4n) is 3.84. The van der Waals surface area contributed by atoms with E-state index in [1.54, 1.807) is 24.3 Å². The highest BCUT2D eigenvalue weighted by molar-refractivity contribution is 6.36. The quantitative estimate of drug-likeness (QED) is 0.449. The topological polar surface area (TPSA) is 48.5 Å². The standard InChI is InChI=1S/C24H22Cl3N3O/c1-30(2)10-4-9-28-20-11-14(16-8-7-15(25)13-19(16)27)12-21-22(20)24(31)17-5-3-6-18(26)23(17)29-21/h3,5-8,12-13H,4,9-11H2,1-2H3,(H,29,31). The van der Waals surface area contributed by atoms with Gasteiger partial charge in [-0.1, -0.05) is 46.9 Å². The highest BCUT2D eigenvalue weighted by Crippen LogP contribution is 2.35. The molecule has 4 rings (SSSR count). The van der Waals surface area contributed by atoms with E-state index in [0.29, 0.717) is 50.2 Å². The van der Waals surface area contributed by atoms with Crippen LogP contribution in [0.15, 0.2) is 46.2 Å². The van der Waals surface area contributed by atoms with Crippen molar-refractivity contribution in [3.63, 3.8) is 0 Å². The molecule has 160 valence electrons. The third-order valence-electron chi connectivity index (χ3n) is 5.32. The predicted octanol–water partition coefficient (Wildman–Crippen LogP) is 6.17. The molecular weight excluding hydrogens is 453 g/mol. The second-order valence-corrected chi connectivity index (χ2v) is 9.11. The number of benzene rings is 2. The van der Waals surface area contributed by atoms with E-state index in [1.807, 2.05) is 32.3 Å². The zero-order valence-corrected chi connectivity index (χ0v) is 19.6. The summed E-state index contributed by atoms with van der Waals surface area (Å²) in [6, 6.07) is 10.8. The number of aromatic amines is 1. The third-order valence-corrected chi connectivity index (χ3v) is 6.19. The summed E-state index contributed by atoms with van der Waals surface area (Å²) in [7, 11) is 4.07. The Kier molecular flexibility index (Phi) is 6.54. The Balaban J connectivity index is 1.88. The zero-order valence-electron chi connectivity index (χ0n) is 17.3. The maximum absolute atomic E-state index is 13.4. The van der Waals surface area contributed by atoms with Gasteiger partial charge in [0.2, 0.25) is 0 Å². The van der Waals surface area contributed by atoms with E-state index >= 15 is 0 Å². The average Bonchev–Trinajstić information content (AvgIpc) is 2.71. The number of hydrogen-bond acceptors (Lipinski definition) is 3. The van der Waals surface area contributed by atoms with Crippen LogP contribution >= 0.6 is 34.8 Å². The molecule has 0 spiro atoms. The Morgan fingerprint density at radius 3 is 2.65 bits per heavy atom. The van der Waals surface area contributed by atoms with Gasteiger partial charge >= 0.3 is 0 Å². The minimum atomic E-state index is -0.0601. The minimum absolute atomic E-state index is 0.0601. The Morgan fingerprint density at radius 1 is 1.10 bits per heavy atom. The van der Waals surface area contributed by atoms with Crippen LogP contribution in [0.2, 0.25) is 15.1 Å². The first-order chi connectivity index (χ1) is 14.8. The van der Waals surface area contributed by atoms with Gasteiger partial charge in [0, 0.05) is 28.4 Å². The predicted molar refractivity (Wildman–Crippen MR) is 133 cm³/mol. The largest absolute Gasteiger partial charge is 0.353 e. The number of nitrogens with zero attached hydrogens (tertiary/aromatic N) is 2. The summed E-state index contributed by atoms with van der Waals surface area (Å²) in [5.74, 6) is 0. The molecule has 1 N–H and O–H groups in total. The number of nitrogens with one attached hydrogen (secondary N) is 1. The van der Waals surface area contributed by atoms with Gasteiger partial charge in [-0.2, -0.15) is 0 Å². The molecule has 0 fully saturated rings. The van der Waals surface area contributed by atoms with E-state index in [4.69, 9.17) is 39.8 Å². The van der Waals surface area contributed by atoms with Crippen LogP contribution in [0.25, 0.3) is 22.6 Å². The summed E-state index contributed by atoms with van der Waals surface area (Å²) in [6.07, 6.45) is 3.39. The van der Waals surface area contributed by atoms with Gasteiger partial charge in [0.1, 0.15) is 0 Å². The molecule has 0 aliphatic heterocycles. The highest BCUT2D eigenvalue weighted by atomic mass is 35.5. The second-order valence-electron chi connectivity index (χ2n) is 7.86. The maximum atomic E-state index is 13.4. The molecule has 1 heterocycles. The van der Waals surface area contributed by atoms with Gasteiger partial charge in [-0.3, -0.25) is 9.79 Å². The van der Waals surface area contributed by atoms with Crippen LogP contribution in [0, 0.1) is 0 Å². The lowest BCUT2D eigenvalue weighted by molar-refractivity contribution is 0.403. The minimum Gasteiger partial charge on any atom is -0.353 e. The van der Waals surface area contributed by atoms with Crippen molar-refractivity contribution in [2.24, 2.45) is 4.99 Å². The Morgan fingerprint density at radius 2 is 1.90 bits per heavy atom. The second kappa shape index (κ2) is 9.17. The molecule has 0 saturated heterocycles. The number of hydrogen-bond donors (Lipinski definition) is 1. The Hall–Kier alpha value is -2.11. The van der Waals surface area contributed by atoms with E-state index in [9.17, 15) is 4.79 Å². The van der Waals surface area contributed by atoms with Crippen LogP contribution in [0.5, 0.6) is 0 Å². The molecule has 2 aromatic carbocycles. The van der Waals surface area contributed by atoms with E-state index < -0.39 is 0 Å². The summed E-state index contributed by atoms with van der Waals surface area (Å²) in [5.41, 5.74) is 4.48. The molecule has 1 aliphatic rings. The van der Waals surface area contributed by atoms with E-state index in [-0.39, 0.29) is 5.43 Å². The molecule has 31 heavy (non-hydrogen) atoms. The van der Waals surface area contributed by atoms with E-state index in [0.717, 1.165) is 29.8 Å². The van der Waals surface area contributed by atoms with Crippen LogP contribution in [0.4, 0.5) is 0 Å². The molecular formula is C24H22Cl3N3O. The number of H-pyrrole nitrogens is 1. The lowest BCUT2D eigenvalue weighted by Crippen LogP contribution is -2.23. The Labute approximate surface area is 196 Å². The number of rotatable bonds is 5. The van der Waals surface area contributed by atoms with Crippen molar-refractivity contribution >= 4 is 63.1 Å². The number of para-hydroxylation sites is 1. The lowest BCUT2D eigenvalue weighted by atomic mass is 9.88. The van der Waals surface area contributed by atoms with Crippen molar-refractivity contribution in [2.45, 2.75) is 12.8 Å². The molecule has 4 nitrogen and oxygen atoms in total. The van der Waals surface area contributed by atoms with E-state index in [1.165, 1.54) is 0 Å². The van der Waals surface area contributed by atoms with Crippen molar-refractivity contribution in [2.75, 3.05) is 27.2 Å². The molecule has 7 heteroatoms. The SMILES string of the molecule is CN(C)CCCN=C1CC(c2ccc(Cl)cc2Cl)=Cc2[nH]c3c(Cl)cccc3c(=O)c21. The van der Waals surface area contributed by atoms with Gasteiger partial charge in [-0.25, -0.2) is 0 Å². The average molecular weight is 475 g/mol. The van der Waals surface area contributed by atoms with Crippen molar-refractivity contribution < 1.29 is 0 Å².